The molecule has 5 nitrogen and oxygen atoms in total. The molecule has 1 aliphatic rings. The van der Waals surface area contributed by atoms with Gasteiger partial charge in [0.25, 0.3) is 0 Å². The monoisotopic (exact) mass is 330 g/mol. The van der Waals surface area contributed by atoms with Gasteiger partial charge in [0.2, 0.25) is 15.9 Å². The molecule has 1 amide bonds. The van der Waals surface area contributed by atoms with Gasteiger partial charge < -0.3 is 5.32 Å². The van der Waals surface area contributed by atoms with Crippen LogP contribution < -0.4 is 5.32 Å². The second kappa shape index (κ2) is 6.77. The number of hydrogen-bond donors (Lipinski definition) is 1. The molecule has 0 aromatic heterocycles. The maximum atomic E-state index is 12.3. The number of benzene rings is 1. The molecule has 0 aliphatic carbocycles. The SMILES string of the molecule is CS(=O)(=O)N1CCCCC1C(=O)NCc1ccc(Cl)cc1. The number of halogens is 1. The van der Waals surface area contributed by atoms with Crippen LogP contribution in [0.5, 0.6) is 0 Å². The van der Waals surface area contributed by atoms with Crippen LogP contribution in [-0.2, 0) is 21.4 Å². The molecule has 7 heteroatoms. The predicted octanol–water partition coefficient (Wildman–Crippen LogP) is 1.77. The zero-order chi connectivity index (χ0) is 15.5. The minimum atomic E-state index is -3.35. The number of rotatable bonds is 4. The lowest BCUT2D eigenvalue weighted by Gasteiger charge is -2.32. The standard InChI is InChI=1S/C14H19ClN2O3S/c1-21(19,20)17-9-3-2-4-13(17)14(18)16-10-11-5-7-12(15)8-6-11/h5-8,13H,2-4,9-10H2,1H3,(H,16,18). The first kappa shape index (κ1) is 16.3. The minimum Gasteiger partial charge on any atom is -0.351 e. The summed E-state index contributed by atoms with van der Waals surface area (Å²) in [6.07, 6.45) is 3.39. The second-order valence-corrected chi connectivity index (χ2v) is 7.60. The van der Waals surface area contributed by atoms with E-state index in [1.54, 1.807) is 12.1 Å². The second-order valence-electron chi connectivity index (χ2n) is 5.23. The van der Waals surface area contributed by atoms with Gasteiger partial charge in [-0.3, -0.25) is 4.79 Å². The summed E-state index contributed by atoms with van der Waals surface area (Å²) < 4.78 is 24.8. The molecule has 1 aliphatic heterocycles. The van der Waals surface area contributed by atoms with E-state index in [1.165, 1.54) is 4.31 Å². The Morgan fingerprint density at radius 3 is 2.62 bits per heavy atom. The number of amides is 1. The summed E-state index contributed by atoms with van der Waals surface area (Å²) in [5.41, 5.74) is 0.925. The van der Waals surface area contributed by atoms with Gasteiger partial charge in [-0.2, -0.15) is 4.31 Å². The fourth-order valence-electron chi connectivity index (χ4n) is 2.47. The molecule has 1 N–H and O–H groups in total. The van der Waals surface area contributed by atoms with Crippen molar-refractivity contribution in [2.75, 3.05) is 12.8 Å². The summed E-state index contributed by atoms with van der Waals surface area (Å²) in [5.74, 6) is -0.241. The van der Waals surface area contributed by atoms with Crippen LogP contribution in [0.1, 0.15) is 24.8 Å². The van der Waals surface area contributed by atoms with E-state index in [0.29, 0.717) is 24.5 Å². The molecule has 0 spiro atoms. The highest BCUT2D eigenvalue weighted by molar-refractivity contribution is 7.88. The molecule has 1 fully saturated rings. The van der Waals surface area contributed by atoms with Gasteiger partial charge in [-0.1, -0.05) is 30.2 Å². The Morgan fingerprint density at radius 2 is 2.00 bits per heavy atom. The molecular weight excluding hydrogens is 312 g/mol. The van der Waals surface area contributed by atoms with Crippen molar-refractivity contribution < 1.29 is 13.2 Å². The zero-order valence-electron chi connectivity index (χ0n) is 11.9. The molecule has 1 aromatic rings. The number of sulfonamides is 1. The van der Waals surface area contributed by atoms with Crippen molar-refractivity contribution >= 4 is 27.5 Å². The van der Waals surface area contributed by atoms with Crippen molar-refractivity contribution in [3.05, 3.63) is 34.9 Å². The third-order valence-electron chi connectivity index (χ3n) is 3.56. The summed E-state index contributed by atoms with van der Waals surface area (Å²) in [5, 5.41) is 3.44. The predicted molar refractivity (Wildman–Crippen MR) is 82.5 cm³/mol. The highest BCUT2D eigenvalue weighted by Gasteiger charge is 2.34. The van der Waals surface area contributed by atoms with E-state index in [0.717, 1.165) is 24.7 Å². The van der Waals surface area contributed by atoms with Gasteiger partial charge in [0.1, 0.15) is 6.04 Å². The van der Waals surface area contributed by atoms with Gasteiger partial charge in [0, 0.05) is 18.1 Å². The Labute approximate surface area is 130 Å². The van der Waals surface area contributed by atoms with Crippen LogP contribution in [0.3, 0.4) is 0 Å². The quantitative estimate of drug-likeness (QED) is 0.915. The maximum absolute atomic E-state index is 12.3. The van der Waals surface area contributed by atoms with Gasteiger partial charge in [0.05, 0.1) is 6.26 Å². The Balaban J connectivity index is 1.99. The van der Waals surface area contributed by atoms with Crippen molar-refractivity contribution in [1.29, 1.82) is 0 Å². The average Bonchev–Trinajstić information content (AvgIpc) is 2.45. The Hall–Kier alpha value is -1.11. The molecule has 116 valence electrons. The molecule has 1 saturated heterocycles. The van der Waals surface area contributed by atoms with Crippen molar-refractivity contribution in [2.24, 2.45) is 0 Å². The van der Waals surface area contributed by atoms with Gasteiger partial charge >= 0.3 is 0 Å². The van der Waals surface area contributed by atoms with Gasteiger partial charge in [0.15, 0.2) is 0 Å². The molecule has 1 unspecified atom stereocenters. The Kier molecular flexibility index (Phi) is 5.24. The van der Waals surface area contributed by atoms with E-state index in [4.69, 9.17) is 11.6 Å². The summed E-state index contributed by atoms with van der Waals surface area (Å²) in [4.78, 5) is 12.3. The smallest absolute Gasteiger partial charge is 0.238 e. The normalized spacial score (nSPS) is 20.2. The first-order valence-electron chi connectivity index (χ1n) is 6.87. The molecule has 0 bridgehead atoms. The lowest BCUT2D eigenvalue weighted by atomic mass is 10.0. The number of nitrogens with one attached hydrogen (secondary N) is 1. The first-order valence-corrected chi connectivity index (χ1v) is 9.09. The van der Waals surface area contributed by atoms with Crippen molar-refractivity contribution in [3.63, 3.8) is 0 Å². The molecule has 0 radical (unpaired) electrons. The largest absolute Gasteiger partial charge is 0.351 e. The molecule has 1 heterocycles. The van der Waals surface area contributed by atoms with Gasteiger partial charge in [-0.15, -0.1) is 0 Å². The average molecular weight is 331 g/mol. The minimum absolute atomic E-state index is 0.241. The number of carbonyl (C=O) groups is 1. The third-order valence-corrected chi connectivity index (χ3v) is 5.10. The fourth-order valence-corrected chi connectivity index (χ4v) is 3.72. The summed E-state index contributed by atoms with van der Waals surface area (Å²) in [6, 6.07) is 6.58. The number of carbonyl (C=O) groups excluding carboxylic acids is 1. The van der Waals surface area contributed by atoms with Crippen molar-refractivity contribution in [3.8, 4) is 0 Å². The molecule has 0 saturated carbocycles. The van der Waals surface area contributed by atoms with E-state index in [9.17, 15) is 13.2 Å². The van der Waals surface area contributed by atoms with E-state index >= 15 is 0 Å². The van der Waals surface area contributed by atoms with Crippen LogP contribution in [0.25, 0.3) is 0 Å². The van der Waals surface area contributed by atoms with E-state index in [-0.39, 0.29) is 5.91 Å². The summed E-state index contributed by atoms with van der Waals surface area (Å²) >= 11 is 5.80. The molecule has 1 aromatic carbocycles. The van der Waals surface area contributed by atoms with Crippen molar-refractivity contribution in [2.45, 2.75) is 31.8 Å². The lowest BCUT2D eigenvalue weighted by molar-refractivity contribution is -0.125. The molecule has 21 heavy (non-hydrogen) atoms. The van der Waals surface area contributed by atoms with Crippen LogP contribution in [-0.4, -0.2) is 37.5 Å². The Morgan fingerprint density at radius 1 is 1.33 bits per heavy atom. The topological polar surface area (TPSA) is 66.5 Å². The highest BCUT2D eigenvalue weighted by Crippen LogP contribution is 2.20. The van der Waals surface area contributed by atoms with Gasteiger partial charge in [-0.05, 0) is 30.5 Å². The van der Waals surface area contributed by atoms with Crippen LogP contribution in [0.15, 0.2) is 24.3 Å². The van der Waals surface area contributed by atoms with Crippen LogP contribution in [0, 0.1) is 0 Å². The van der Waals surface area contributed by atoms with E-state index < -0.39 is 16.1 Å². The van der Waals surface area contributed by atoms with Crippen molar-refractivity contribution in [1.82, 2.24) is 9.62 Å². The number of hydrogen-bond acceptors (Lipinski definition) is 3. The number of nitrogens with zero attached hydrogens (tertiary/aromatic N) is 1. The third kappa shape index (κ3) is 4.43. The van der Waals surface area contributed by atoms with Crippen LogP contribution >= 0.6 is 11.6 Å². The maximum Gasteiger partial charge on any atom is 0.238 e. The Bertz CT molecular complexity index is 601. The van der Waals surface area contributed by atoms with Crippen LogP contribution in [0.4, 0.5) is 0 Å². The molecule has 2 rings (SSSR count). The molecular formula is C14H19ClN2O3S. The highest BCUT2D eigenvalue weighted by atomic mass is 35.5. The summed E-state index contributed by atoms with van der Waals surface area (Å²) in [6.45, 7) is 0.780. The van der Waals surface area contributed by atoms with Gasteiger partial charge in [-0.25, -0.2) is 8.42 Å². The first-order chi connectivity index (χ1) is 9.88. The number of piperidine rings is 1. The van der Waals surface area contributed by atoms with Crippen LogP contribution in [0.2, 0.25) is 5.02 Å². The lowest BCUT2D eigenvalue weighted by Crippen LogP contribution is -2.51. The van der Waals surface area contributed by atoms with E-state index in [2.05, 4.69) is 5.32 Å². The molecule has 1 atom stereocenters. The van der Waals surface area contributed by atoms with E-state index in [1.807, 2.05) is 12.1 Å². The summed E-state index contributed by atoms with van der Waals surface area (Å²) in [7, 11) is -3.35. The fraction of sp³-hybridized carbons (Fsp3) is 0.500. The zero-order valence-corrected chi connectivity index (χ0v) is 13.5.